The number of amides is 1. The van der Waals surface area contributed by atoms with Crippen molar-refractivity contribution in [3.63, 3.8) is 0 Å². The quantitative estimate of drug-likeness (QED) is 0.836. The smallest absolute Gasteiger partial charge is 0.227 e. The van der Waals surface area contributed by atoms with Crippen molar-refractivity contribution in [2.24, 2.45) is 11.1 Å². The van der Waals surface area contributed by atoms with Crippen LogP contribution in [-0.2, 0) is 4.79 Å². The highest BCUT2D eigenvalue weighted by molar-refractivity contribution is 5.83. The molecule has 0 radical (unpaired) electrons. The fraction of sp³-hybridized carbons (Fsp3) is 0.706. The second-order valence-electron chi connectivity index (χ2n) is 6.46. The summed E-state index contributed by atoms with van der Waals surface area (Å²) < 4.78 is 5.56. The third-order valence-corrected chi connectivity index (χ3v) is 4.83. The van der Waals surface area contributed by atoms with Gasteiger partial charge in [0.25, 0.3) is 0 Å². The molecule has 118 valence electrons. The van der Waals surface area contributed by atoms with Crippen LogP contribution in [0, 0.1) is 19.3 Å². The molecule has 0 bridgehead atoms. The molecule has 21 heavy (non-hydrogen) atoms. The van der Waals surface area contributed by atoms with E-state index < -0.39 is 0 Å². The molecule has 1 saturated carbocycles. The standard InChI is InChI=1S/C17H28N2O2/c1-12-10-15(14(3)21-12)13(2)19-16(20)17(11-18)8-6-4-5-7-9-17/h10,13H,4-9,11,18H2,1-3H3,(H,19,20). The fourth-order valence-corrected chi connectivity index (χ4v) is 3.44. The van der Waals surface area contributed by atoms with E-state index in [9.17, 15) is 4.79 Å². The Morgan fingerprint density at radius 3 is 2.43 bits per heavy atom. The number of nitrogens with two attached hydrogens (primary N) is 1. The van der Waals surface area contributed by atoms with Crippen molar-refractivity contribution in [1.29, 1.82) is 0 Å². The topological polar surface area (TPSA) is 68.3 Å². The summed E-state index contributed by atoms with van der Waals surface area (Å²) in [4.78, 5) is 12.8. The predicted octanol–water partition coefficient (Wildman–Crippen LogP) is 3.37. The van der Waals surface area contributed by atoms with Crippen LogP contribution in [0.4, 0.5) is 0 Å². The summed E-state index contributed by atoms with van der Waals surface area (Å²) in [7, 11) is 0. The van der Waals surface area contributed by atoms with Crippen LogP contribution >= 0.6 is 0 Å². The van der Waals surface area contributed by atoms with Gasteiger partial charge in [-0.15, -0.1) is 0 Å². The van der Waals surface area contributed by atoms with E-state index in [0.717, 1.165) is 42.8 Å². The van der Waals surface area contributed by atoms with E-state index in [-0.39, 0.29) is 17.4 Å². The Hall–Kier alpha value is -1.29. The molecule has 0 spiro atoms. The second-order valence-corrected chi connectivity index (χ2v) is 6.46. The summed E-state index contributed by atoms with van der Waals surface area (Å²) in [6.07, 6.45) is 6.44. The van der Waals surface area contributed by atoms with Crippen LogP contribution < -0.4 is 11.1 Å². The van der Waals surface area contributed by atoms with Crippen LogP contribution in [0.15, 0.2) is 10.5 Å². The molecule has 1 fully saturated rings. The molecule has 1 aliphatic carbocycles. The van der Waals surface area contributed by atoms with Gasteiger partial charge in [-0.3, -0.25) is 4.79 Å². The minimum Gasteiger partial charge on any atom is -0.466 e. The third-order valence-electron chi connectivity index (χ3n) is 4.83. The molecule has 0 saturated heterocycles. The highest BCUT2D eigenvalue weighted by Gasteiger charge is 2.37. The number of furan rings is 1. The third kappa shape index (κ3) is 3.49. The molecule has 1 amide bonds. The van der Waals surface area contributed by atoms with E-state index in [1.54, 1.807) is 0 Å². The monoisotopic (exact) mass is 292 g/mol. The van der Waals surface area contributed by atoms with E-state index in [4.69, 9.17) is 10.2 Å². The lowest BCUT2D eigenvalue weighted by Crippen LogP contribution is -2.46. The summed E-state index contributed by atoms with van der Waals surface area (Å²) in [5.74, 6) is 1.87. The number of aryl methyl sites for hydroxylation is 2. The van der Waals surface area contributed by atoms with Crippen LogP contribution in [-0.4, -0.2) is 12.5 Å². The molecule has 1 heterocycles. The maximum Gasteiger partial charge on any atom is 0.227 e. The molecule has 4 nitrogen and oxygen atoms in total. The first-order chi connectivity index (χ1) is 9.98. The number of rotatable bonds is 4. The number of nitrogens with one attached hydrogen (secondary N) is 1. The molecular formula is C17H28N2O2. The van der Waals surface area contributed by atoms with E-state index in [1.807, 2.05) is 26.8 Å². The van der Waals surface area contributed by atoms with Gasteiger partial charge in [0.15, 0.2) is 0 Å². The minimum atomic E-state index is -0.378. The zero-order valence-corrected chi connectivity index (χ0v) is 13.5. The molecule has 0 aromatic carbocycles. The first-order valence-electron chi connectivity index (χ1n) is 8.06. The van der Waals surface area contributed by atoms with Crippen LogP contribution in [0.2, 0.25) is 0 Å². The van der Waals surface area contributed by atoms with Crippen molar-refractivity contribution in [2.45, 2.75) is 65.3 Å². The molecule has 0 aliphatic heterocycles. The Bertz CT molecular complexity index is 485. The Kier molecular flexibility index (Phi) is 5.09. The summed E-state index contributed by atoms with van der Waals surface area (Å²) in [6, 6.07) is 1.96. The second kappa shape index (κ2) is 6.65. The zero-order valence-electron chi connectivity index (χ0n) is 13.5. The normalized spacial score (nSPS) is 19.8. The lowest BCUT2D eigenvalue weighted by atomic mass is 9.79. The van der Waals surface area contributed by atoms with Crippen LogP contribution in [0.5, 0.6) is 0 Å². The Balaban J connectivity index is 2.09. The predicted molar refractivity (Wildman–Crippen MR) is 83.9 cm³/mol. The molecule has 3 N–H and O–H groups in total. The number of carbonyl (C=O) groups excluding carboxylic acids is 1. The van der Waals surface area contributed by atoms with Gasteiger partial charge in [0, 0.05) is 12.1 Å². The molecule has 1 aromatic rings. The Labute approximate surface area is 127 Å². The molecule has 1 aliphatic rings. The van der Waals surface area contributed by atoms with Gasteiger partial charge in [0.05, 0.1) is 11.5 Å². The summed E-state index contributed by atoms with van der Waals surface area (Å²) in [5, 5.41) is 3.16. The van der Waals surface area contributed by atoms with Gasteiger partial charge in [-0.2, -0.15) is 0 Å². The number of carbonyl (C=O) groups is 1. The van der Waals surface area contributed by atoms with Crippen LogP contribution in [0.3, 0.4) is 0 Å². The first-order valence-corrected chi connectivity index (χ1v) is 8.06. The van der Waals surface area contributed by atoms with Crippen LogP contribution in [0.25, 0.3) is 0 Å². The molecule has 4 heteroatoms. The number of hydrogen-bond acceptors (Lipinski definition) is 3. The lowest BCUT2D eigenvalue weighted by molar-refractivity contribution is -0.132. The van der Waals surface area contributed by atoms with E-state index in [2.05, 4.69) is 5.32 Å². The van der Waals surface area contributed by atoms with Crippen molar-refractivity contribution in [1.82, 2.24) is 5.32 Å². The number of hydrogen-bond donors (Lipinski definition) is 2. The van der Waals surface area contributed by atoms with Crippen molar-refractivity contribution in [3.8, 4) is 0 Å². The maximum atomic E-state index is 12.8. The Morgan fingerprint density at radius 2 is 1.95 bits per heavy atom. The van der Waals surface area contributed by atoms with Gasteiger partial charge in [-0.1, -0.05) is 25.7 Å². The van der Waals surface area contributed by atoms with Gasteiger partial charge < -0.3 is 15.5 Å². The van der Waals surface area contributed by atoms with Crippen molar-refractivity contribution in [3.05, 3.63) is 23.2 Å². The van der Waals surface area contributed by atoms with Gasteiger partial charge in [0.1, 0.15) is 11.5 Å². The Morgan fingerprint density at radius 1 is 1.33 bits per heavy atom. The molecule has 1 aromatic heterocycles. The lowest BCUT2D eigenvalue weighted by Gasteiger charge is -2.31. The molecule has 1 atom stereocenters. The summed E-state index contributed by atoms with van der Waals surface area (Å²) in [5.41, 5.74) is 6.66. The van der Waals surface area contributed by atoms with Gasteiger partial charge >= 0.3 is 0 Å². The van der Waals surface area contributed by atoms with E-state index in [1.165, 1.54) is 12.8 Å². The van der Waals surface area contributed by atoms with Crippen molar-refractivity contribution < 1.29 is 9.21 Å². The van der Waals surface area contributed by atoms with Gasteiger partial charge in [-0.05, 0) is 39.7 Å². The average molecular weight is 292 g/mol. The maximum absolute atomic E-state index is 12.8. The van der Waals surface area contributed by atoms with E-state index >= 15 is 0 Å². The molecule has 2 rings (SSSR count). The van der Waals surface area contributed by atoms with Crippen LogP contribution in [0.1, 0.15) is 68.6 Å². The highest BCUT2D eigenvalue weighted by Crippen LogP contribution is 2.35. The molecule has 1 unspecified atom stereocenters. The van der Waals surface area contributed by atoms with Crippen molar-refractivity contribution >= 4 is 5.91 Å². The summed E-state index contributed by atoms with van der Waals surface area (Å²) >= 11 is 0. The van der Waals surface area contributed by atoms with Gasteiger partial charge in [0.2, 0.25) is 5.91 Å². The minimum absolute atomic E-state index is 0.0402. The van der Waals surface area contributed by atoms with E-state index in [0.29, 0.717) is 6.54 Å². The fourth-order valence-electron chi connectivity index (χ4n) is 3.44. The SMILES string of the molecule is Cc1cc(C(C)NC(=O)C2(CN)CCCCCC2)c(C)o1. The van der Waals surface area contributed by atoms with Gasteiger partial charge in [-0.25, -0.2) is 0 Å². The highest BCUT2D eigenvalue weighted by atomic mass is 16.3. The first kappa shape index (κ1) is 16.1. The van der Waals surface area contributed by atoms with Crippen molar-refractivity contribution in [2.75, 3.05) is 6.54 Å². The average Bonchev–Trinajstić information content (AvgIpc) is 2.67. The summed E-state index contributed by atoms with van der Waals surface area (Å²) in [6.45, 7) is 6.32. The largest absolute Gasteiger partial charge is 0.466 e. The molecular weight excluding hydrogens is 264 g/mol. The zero-order chi connectivity index (χ0) is 15.5.